The van der Waals surface area contributed by atoms with Crippen LogP contribution in [0.3, 0.4) is 0 Å². The first kappa shape index (κ1) is 7.61. The minimum Gasteiger partial charge on any atom is -0.253 e. The van der Waals surface area contributed by atoms with Crippen LogP contribution in [0.5, 0.6) is 0 Å². The summed E-state index contributed by atoms with van der Waals surface area (Å²) in [6.07, 6.45) is 7.85. The van der Waals surface area contributed by atoms with Crippen molar-refractivity contribution in [3.8, 4) is 0 Å². The minimum atomic E-state index is 1.05. The fourth-order valence-electron chi connectivity index (χ4n) is 0.715. The van der Waals surface area contributed by atoms with E-state index < -0.39 is 0 Å². The van der Waals surface area contributed by atoms with Gasteiger partial charge in [0.25, 0.3) is 0 Å². The van der Waals surface area contributed by atoms with Crippen LogP contribution in [0.25, 0.3) is 0 Å². The Balaban J connectivity index is 2.87. The summed E-state index contributed by atoms with van der Waals surface area (Å²) in [7, 11) is 0. The standard InChI is InChI=1S/C8H10NS/c1-3-7-4-8(10-2)6-9-5-7/h4-5H,3H2,1-2H3. The molecule has 0 amide bonds. The van der Waals surface area contributed by atoms with Gasteiger partial charge in [0.15, 0.2) is 0 Å². The first-order valence-electron chi connectivity index (χ1n) is 3.27. The number of rotatable bonds is 2. The maximum Gasteiger partial charge on any atom is 0.103 e. The van der Waals surface area contributed by atoms with Gasteiger partial charge >= 0.3 is 0 Å². The van der Waals surface area contributed by atoms with Gasteiger partial charge in [-0.3, -0.25) is 4.98 Å². The van der Waals surface area contributed by atoms with Gasteiger partial charge in [-0.15, -0.1) is 11.8 Å². The molecule has 0 aromatic carbocycles. The van der Waals surface area contributed by atoms with Crippen LogP contribution in [-0.4, -0.2) is 11.2 Å². The highest BCUT2D eigenvalue weighted by atomic mass is 32.2. The van der Waals surface area contributed by atoms with Crippen molar-refractivity contribution in [1.29, 1.82) is 0 Å². The van der Waals surface area contributed by atoms with Crippen molar-refractivity contribution in [2.75, 3.05) is 6.26 Å². The number of thioether (sulfide) groups is 1. The van der Waals surface area contributed by atoms with Gasteiger partial charge in [0.2, 0.25) is 0 Å². The van der Waals surface area contributed by atoms with Crippen LogP contribution in [-0.2, 0) is 6.42 Å². The molecule has 0 bridgehead atoms. The maximum atomic E-state index is 3.98. The summed E-state index contributed by atoms with van der Waals surface area (Å²) in [5.74, 6) is 0. The van der Waals surface area contributed by atoms with E-state index >= 15 is 0 Å². The number of aryl methyl sites for hydroxylation is 1. The van der Waals surface area contributed by atoms with E-state index in [0.717, 1.165) is 11.3 Å². The molecule has 0 saturated carbocycles. The second-order valence-electron chi connectivity index (χ2n) is 2.01. The Morgan fingerprint density at radius 3 is 3.10 bits per heavy atom. The van der Waals surface area contributed by atoms with Crippen LogP contribution in [0.4, 0.5) is 0 Å². The van der Waals surface area contributed by atoms with Crippen LogP contribution >= 0.6 is 11.8 Å². The molecule has 1 aromatic heterocycles. The molecule has 0 atom stereocenters. The highest BCUT2D eigenvalue weighted by Gasteiger charge is 1.92. The minimum absolute atomic E-state index is 1.05. The molecule has 0 aliphatic carbocycles. The SMILES string of the molecule is CCc1cn[c]c(SC)c1. The lowest BCUT2D eigenvalue weighted by atomic mass is 10.2. The van der Waals surface area contributed by atoms with Crippen LogP contribution < -0.4 is 0 Å². The quantitative estimate of drug-likeness (QED) is 0.602. The van der Waals surface area contributed by atoms with E-state index in [2.05, 4.69) is 24.2 Å². The van der Waals surface area contributed by atoms with Crippen molar-refractivity contribution in [1.82, 2.24) is 4.98 Å². The molecule has 1 radical (unpaired) electrons. The summed E-state index contributed by atoms with van der Waals surface area (Å²) in [5, 5.41) is 0. The van der Waals surface area contributed by atoms with E-state index in [4.69, 9.17) is 0 Å². The molecular formula is C8H10NS. The third-order valence-corrected chi connectivity index (χ3v) is 2.00. The number of hydrogen-bond donors (Lipinski definition) is 0. The van der Waals surface area contributed by atoms with E-state index in [1.54, 1.807) is 11.8 Å². The fourth-order valence-corrected chi connectivity index (χ4v) is 1.13. The van der Waals surface area contributed by atoms with Crippen molar-refractivity contribution < 1.29 is 0 Å². The molecular weight excluding hydrogens is 142 g/mol. The van der Waals surface area contributed by atoms with Crippen LogP contribution in [0.2, 0.25) is 0 Å². The van der Waals surface area contributed by atoms with E-state index in [1.807, 2.05) is 12.5 Å². The summed E-state index contributed by atoms with van der Waals surface area (Å²) >= 11 is 1.68. The lowest BCUT2D eigenvalue weighted by Gasteiger charge is -1.96. The lowest BCUT2D eigenvalue weighted by molar-refractivity contribution is 1.07. The molecule has 0 saturated heterocycles. The summed E-state index contributed by atoms with van der Waals surface area (Å²) in [6, 6.07) is 2.12. The first-order valence-corrected chi connectivity index (χ1v) is 4.50. The Kier molecular flexibility index (Phi) is 2.75. The summed E-state index contributed by atoms with van der Waals surface area (Å²) in [4.78, 5) is 5.10. The Hall–Kier alpha value is -0.500. The normalized spacial score (nSPS) is 9.80. The van der Waals surface area contributed by atoms with Crippen molar-refractivity contribution in [3.63, 3.8) is 0 Å². The summed E-state index contributed by atoms with van der Waals surface area (Å²) in [5.41, 5.74) is 1.28. The van der Waals surface area contributed by atoms with Crippen molar-refractivity contribution in [2.24, 2.45) is 0 Å². The van der Waals surface area contributed by atoms with Crippen LogP contribution in [0, 0.1) is 6.20 Å². The molecule has 0 fully saturated rings. The molecule has 0 N–H and O–H groups in total. The van der Waals surface area contributed by atoms with Gasteiger partial charge < -0.3 is 0 Å². The van der Waals surface area contributed by atoms with Gasteiger partial charge in [0.05, 0.1) is 0 Å². The average Bonchev–Trinajstić information content (AvgIpc) is 2.05. The van der Waals surface area contributed by atoms with Gasteiger partial charge in [-0.2, -0.15) is 0 Å². The second kappa shape index (κ2) is 3.62. The van der Waals surface area contributed by atoms with E-state index in [-0.39, 0.29) is 0 Å². The van der Waals surface area contributed by atoms with Crippen molar-refractivity contribution in [3.05, 3.63) is 24.0 Å². The molecule has 53 valence electrons. The molecule has 0 aliphatic heterocycles. The third-order valence-electron chi connectivity index (χ3n) is 1.35. The molecule has 1 rings (SSSR count). The average molecular weight is 152 g/mol. The highest BCUT2D eigenvalue weighted by Crippen LogP contribution is 2.13. The Labute approximate surface area is 65.9 Å². The van der Waals surface area contributed by atoms with Crippen LogP contribution in [0.1, 0.15) is 12.5 Å². The number of pyridine rings is 1. The predicted molar refractivity (Wildman–Crippen MR) is 44.2 cm³/mol. The molecule has 2 heteroatoms. The fraction of sp³-hybridized carbons (Fsp3) is 0.375. The Morgan fingerprint density at radius 1 is 1.70 bits per heavy atom. The zero-order valence-electron chi connectivity index (χ0n) is 6.22. The van der Waals surface area contributed by atoms with Gasteiger partial charge in [-0.1, -0.05) is 6.92 Å². The second-order valence-corrected chi connectivity index (χ2v) is 2.86. The topological polar surface area (TPSA) is 12.9 Å². The zero-order chi connectivity index (χ0) is 7.40. The summed E-state index contributed by atoms with van der Waals surface area (Å²) < 4.78 is 0. The smallest absolute Gasteiger partial charge is 0.103 e. The van der Waals surface area contributed by atoms with E-state index in [1.165, 1.54) is 5.56 Å². The number of nitrogens with zero attached hydrogens (tertiary/aromatic N) is 1. The van der Waals surface area contributed by atoms with E-state index in [9.17, 15) is 0 Å². The Morgan fingerprint density at radius 2 is 2.50 bits per heavy atom. The predicted octanol–water partition coefficient (Wildman–Crippen LogP) is 2.17. The van der Waals surface area contributed by atoms with Gasteiger partial charge in [-0.25, -0.2) is 0 Å². The third kappa shape index (κ3) is 1.74. The molecule has 1 nitrogen and oxygen atoms in total. The van der Waals surface area contributed by atoms with Crippen molar-refractivity contribution in [2.45, 2.75) is 18.2 Å². The molecule has 0 unspecified atom stereocenters. The first-order chi connectivity index (χ1) is 4.86. The largest absolute Gasteiger partial charge is 0.253 e. The number of hydrogen-bond acceptors (Lipinski definition) is 2. The van der Waals surface area contributed by atoms with Crippen LogP contribution in [0.15, 0.2) is 17.2 Å². The summed E-state index contributed by atoms with van der Waals surface area (Å²) in [6.45, 7) is 2.13. The highest BCUT2D eigenvalue weighted by molar-refractivity contribution is 7.98. The molecule has 10 heavy (non-hydrogen) atoms. The molecule has 0 spiro atoms. The Bertz CT molecular complexity index is 191. The van der Waals surface area contributed by atoms with E-state index in [0.29, 0.717) is 0 Å². The maximum absolute atomic E-state index is 3.98. The number of aromatic nitrogens is 1. The molecule has 1 aromatic rings. The van der Waals surface area contributed by atoms with Gasteiger partial charge in [0, 0.05) is 11.1 Å². The molecule has 1 heterocycles. The van der Waals surface area contributed by atoms with Gasteiger partial charge in [0.1, 0.15) is 6.20 Å². The van der Waals surface area contributed by atoms with Gasteiger partial charge in [-0.05, 0) is 24.3 Å². The monoisotopic (exact) mass is 152 g/mol. The lowest BCUT2D eigenvalue weighted by Crippen LogP contribution is -1.82. The van der Waals surface area contributed by atoms with Crippen molar-refractivity contribution >= 4 is 11.8 Å². The molecule has 0 aliphatic rings. The zero-order valence-corrected chi connectivity index (χ0v) is 7.03.